The first kappa shape index (κ1) is 19.0. The van der Waals surface area contributed by atoms with Gasteiger partial charge in [-0.2, -0.15) is 0 Å². The molecule has 0 aliphatic heterocycles. The molecule has 0 aliphatic rings. The minimum absolute atomic E-state index is 0.0739. The predicted octanol–water partition coefficient (Wildman–Crippen LogP) is 5.04. The molecule has 0 fully saturated rings. The van der Waals surface area contributed by atoms with E-state index in [-0.39, 0.29) is 11.9 Å². The average Bonchev–Trinajstić information content (AvgIpc) is 2.60. The molecule has 0 aliphatic carbocycles. The zero-order valence-corrected chi connectivity index (χ0v) is 15.8. The Balaban J connectivity index is 1.77. The molecule has 2 aromatic carbocycles. The molecule has 134 valence electrons. The number of amides is 1. The van der Waals surface area contributed by atoms with E-state index in [9.17, 15) is 4.79 Å². The first-order valence-corrected chi connectivity index (χ1v) is 9.05. The van der Waals surface area contributed by atoms with Gasteiger partial charge < -0.3 is 10.1 Å². The Morgan fingerprint density at radius 1 is 1.04 bits per heavy atom. The lowest BCUT2D eigenvalue weighted by Gasteiger charge is -2.18. The van der Waals surface area contributed by atoms with E-state index in [2.05, 4.69) is 44.3 Å². The normalized spacial score (nSPS) is 11.8. The summed E-state index contributed by atoms with van der Waals surface area (Å²) >= 11 is 0. The van der Waals surface area contributed by atoms with Gasteiger partial charge in [0.15, 0.2) is 0 Å². The lowest BCUT2D eigenvalue weighted by Crippen LogP contribution is -2.28. The van der Waals surface area contributed by atoms with Crippen LogP contribution >= 0.6 is 0 Å². The molecule has 0 saturated carbocycles. The Labute approximate surface area is 151 Å². The van der Waals surface area contributed by atoms with E-state index in [0.717, 1.165) is 12.2 Å². The van der Waals surface area contributed by atoms with Crippen molar-refractivity contribution in [3.05, 3.63) is 64.7 Å². The molecule has 2 rings (SSSR count). The minimum atomic E-state index is 0.0739. The highest BCUT2D eigenvalue weighted by Gasteiger charge is 2.13. The van der Waals surface area contributed by atoms with Gasteiger partial charge in [-0.1, -0.05) is 42.8 Å². The zero-order valence-electron chi connectivity index (χ0n) is 15.8. The number of benzene rings is 2. The van der Waals surface area contributed by atoms with E-state index in [1.807, 2.05) is 31.2 Å². The smallest absolute Gasteiger partial charge is 0.220 e. The van der Waals surface area contributed by atoms with Crippen LogP contribution < -0.4 is 10.1 Å². The third-order valence-corrected chi connectivity index (χ3v) is 4.51. The fourth-order valence-electron chi connectivity index (χ4n) is 2.73. The van der Waals surface area contributed by atoms with Gasteiger partial charge in [0.2, 0.25) is 5.91 Å². The number of carbonyl (C=O) groups is 1. The Morgan fingerprint density at radius 3 is 2.40 bits per heavy atom. The van der Waals surface area contributed by atoms with Crippen molar-refractivity contribution in [1.82, 2.24) is 5.32 Å². The monoisotopic (exact) mass is 339 g/mol. The maximum Gasteiger partial charge on any atom is 0.220 e. The summed E-state index contributed by atoms with van der Waals surface area (Å²) in [5, 5.41) is 3.14. The van der Waals surface area contributed by atoms with Crippen LogP contribution in [0.2, 0.25) is 0 Å². The quantitative estimate of drug-likeness (QED) is 0.684. The fraction of sp³-hybridized carbons (Fsp3) is 0.409. The maximum atomic E-state index is 12.2. The summed E-state index contributed by atoms with van der Waals surface area (Å²) in [5.74, 6) is 0.935. The topological polar surface area (TPSA) is 38.3 Å². The Kier molecular flexibility index (Phi) is 7.05. The van der Waals surface area contributed by atoms with E-state index >= 15 is 0 Å². The highest BCUT2D eigenvalue weighted by Crippen LogP contribution is 2.20. The number of rotatable bonds is 8. The summed E-state index contributed by atoms with van der Waals surface area (Å²) in [7, 11) is 0. The van der Waals surface area contributed by atoms with Crippen molar-refractivity contribution in [1.29, 1.82) is 0 Å². The molecule has 1 unspecified atom stereocenters. The number of aryl methyl sites for hydroxylation is 3. The van der Waals surface area contributed by atoms with Crippen molar-refractivity contribution < 1.29 is 9.53 Å². The first-order chi connectivity index (χ1) is 12.0. The lowest BCUT2D eigenvalue weighted by atomic mass is 9.99. The van der Waals surface area contributed by atoms with Crippen molar-refractivity contribution in [3.8, 4) is 5.75 Å². The summed E-state index contributed by atoms with van der Waals surface area (Å²) < 4.78 is 5.68. The van der Waals surface area contributed by atoms with Gasteiger partial charge >= 0.3 is 0 Å². The third kappa shape index (κ3) is 5.93. The van der Waals surface area contributed by atoms with Crippen LogP contribution in [0.4, 0.5) is 0 Å². The molecule has 0 spiro atoms. The Bertz CT molecular complexity index is 692. The van der Waals surface area contributed by atoms with Crippen LogP contribution in [0.3, 0.4) is 0 Å². The third-order valence-electron chi connectivity index (χ3n) is 4.51. The second-order valence-electron chi connectivity index (χ2n) is 6.64. The van der Waals surface area contributed by atoms with Crippen molar-refractivity contribution in [2.75, 3.05) is 6.61 Å². The van der Waals surface area contributed by atoms with Crippen LogP contribution in [0.5, 0.6) is 5.75 Å². The van der Waals surface area contributed by atoms with Gasteiger partial charge in [-0.3, -0.25) is 4.79 Å². The van der Waals surface area contributed by atoms with E-state index in [0.29, 0.717) is 19.4 Å². The molecule has 0 heterocycles. The van der Waals surface area contributed by atoms with Crippen molar-refractivity contribution in [3.63, 3.8) is 0 Å². The molecule has 3 nitrogen and oxygen atoms in total. The molecule has 2 aromatic rings. The molecule has 3 heteroatoms. The van der Waals surface area contributed by atoms with Gasteiger partial charge in [0.1, 0.15) is 5.75 Å². The largest absolute Gasteiger partial charge is 0.494 e. The molecular formula is C22H29NO2. The Morgan fingerprint density at radius 2 is 1.76 bits per heavy atom. The summed E-state index contributed by atoms with van der Waals surface area (Å²) in [6.45, 7) is 8.91. The van der Waals surface area contributed by atoms with Crippen LogP contribution in [0, 0.1) is 20.8 Å². The molecule has 0 bridgehead atoms. The first-order valence-electron chi connectivity index (χ1n) is 9.05. The van der Waals surface area contributed by atoms with E-state index in [1.54, 1.807) is 0 Å². The summed E-state index contributed by atoms with van der Waals surface area (Å²) in [5.41, 5.74) is 4.92. The van der Waals surface area contributed by atoms with E-state index in [1.165, 1.54) is 22.3 Å². The summed E-state index contributed by atoms with van der Waals surface area (Å²) in [4.78, 5) is 12.2. The molecule has 1 atom stereocenters. The van der Waals surface area contributed by atoms with E-state index in [4.69, 9.17) is 4.74 Å². The van der Waals surface area contributed by atoms with Gasteiger partial charge in [0.05, 0.1) is 12.6 Å². The highest BCUT2D eigenvalue weighted by molar-refractivity contribution is 5.76. The number of nitrogens with one attached hydrogen (secondary N) is 1. The van der Waals surface area contributed by atoms with Gasteiger partial charge in [0, 0.05) is 6.42 Å². The lowest BCUT2D eigenvalue weighted by molar-refractivity contribution is -0.122. The average molecular weight is 339 g/mol. The zero-order chi connectivity index (χ0) is 18.2. The van der Waals surface area contributed by atoms with Crippen LogP contribution in [-0.4, -0.2) is 12.5 Å². The SMILES string of the molecule is CCC(NC(=O)CCCOc1ccc(C)cc1)c1ccc(C)c(C)c1. The summed E-state index contributed by atoms with van der Waals surface area (Å²) in [6.07, 6.45) is 2.07. The maximum absolute atomic E-state index is 12.2. The molecule has 0 radical (unpaired) electrons. The van der Waals surface area contributed by atoms with Gasteiger partial charge in [-0.15, -0.1) is 0 Å². The van der Waals surface area contributed by atoms with Gasteiger partial charge in [0.25, 0.3) is 0 Å². The number of carbonyl (C=O) groups excluding carboxylic acids is 1. The second-order valence-corrected chi connectivity index (χ2v) is 6.64. The molecule has 0 saturated heterocycles. The molecule has 1 amide bonds. The van der Waals surface area contributed by atoms with Gasteiger partial charge in [-0.25, -0.2) is 0 Å². The number of ether oxygens (including phenoxy) is 1. The van der Waals surface area contributed by atoms with Gasteiger partial charge in [-0.05, 0) is 62.4 Å². The van der Waals surface area contributed by atoms with Crippen molar-refractivity contribution in [2.24, 2.45) is 0 Å². The second kappa shape index (κ2) is 9.26. The minimum Gasteiger partial charge on any atom is -0.494 e. The van der Waals surface area contributed by atoms with Crippen LogP contribution in [0.25, 0.3) is 0 Å². The Hall–Kier alpha value is -2.29. The standard InChI is InChI=1S/C22H29NO2/c1-5-21(19-11-10-17(3)18(4)15-19)23-22(24)7-6-14-25-20-12-8-16(2)9-13-20/h8-13,15,21H,5-7,14H2,1-4H3,(H,23,24). The van der Waals surface area contributed by atoms with Crippen LogP contribution in [0.1, 0.15) is 54.5 Å². The van der Waals surface area contributed by atoms with Crippen LogP contribution in [0.15, 0.2) is 42.5 Å². The van der Waals surface area contributed by atoms with Crippen LogP contribution in [-0.2, 0) is 4.79 Å². The molecule has 1 N–H and O–H groups in total. The fourth-order valence-corrected chi connectivity index (χ4v) is 2.73. The molecular weight excluding hydrogens is 310 g/mol. The predicted molar refractivity (Wildman–Crippen MR) is 103 cm³/mol. The highest BCUT2D eigenvalue weighted by atomic mass is 16.5. The molecule has 25 heavy (non-hydrogen) atoms. The van der Waals surface area contributed by atoms with Crippen molar-refractivity contribution >= 4 is 5.91 Å². The summed E-state index contributed by atoms with van der Waals surface area (Å²) in [6, 6.07) is 14.4. The number of hydrogen-bond donors (Lipinski definition) is 1. The van der Waals surface area contributed by atoms with E-state index < -0.39 is 0 Å². The molecule has 0 aromatic heterocycles. The van der Waals surface area contributed by atoms with Crippen molar-refractivity contribution in [2.45, 2.75) is 53.0 Å². The number of hydrogen-bond acceptors (Lipinski definition) is 2.